The summed E-state index contributed by atoms with van der Waals surface area (Å²) in [4.78, 5) is 31.3. The Morgan fingerprint density at radius 2 is 1.94 bits per heavy atom. The molecule has 0 radical (unpaired) electrons. The summed E-state index contributed by atoms with van der Waals surface area (Å²) in [6.07, 6.45) is 2.74. The highest BCUT2D eigenvalue weighted by molar-refractivity contribution is 6.32. The molecule has 0 bridgehead atoms. The molecular weight excluding hydrogens is 454 g/mol. The van der Waals surface area contributed by atoms with Gasteiger partial charge in [0.2, 0.25) is 0 Å². The molecule has 170 valence electrons. The number of halogens is 3. The summed E-state index contributed by atoms with van der Waals surface area (Å²) in [6.45, 7) is 0.729. The van der Waals surface area contributed by atoms with Gasteiger partial charge in [-0.05, 0) is 42.7 Å². The molecule has 5 rings (SSSR count). The fourth-order valence-electron chi connectivity index (χ4n) is 4.14. The third-order valence-electron chi connectivity index (χ3n) is 5.74. The number of para-hydroxylation sites is 1. The van der Waals surface area contributed by atoms with Crippen LogP contribution in [0.4, 0.5) is 8.78 Å². The zero-order valence-electron chi connectivity index (χ0n) is 17.4. The average molecular weight is 473 g/mol. The Morgan fingerprint density at radius 3 is 2.67 bits per heavy atom. The second-order valence-corrected chi connectivity index (χ2v) is 8.32. The maximum Gasteiger partial charge on any atom is 0.337 e. The smallest absolute Gasteiger partial charge is 0.337 e. The van der Waals surface area contributed by atoms with Crippen molar-refractivity contribution in [1.29, 1.82) is 0 Å². The molecule has 0 amide bonds. The maximum absolute atomic E-state index is 13.7. The first-order chi connectivity index (χ1) is 15.9. The predicted octanol–water partition coefficient (Wildman–Crippen LogP) is 3.51. The van der Waals surface area contributed by atoms with Crippen molar-refractivity contribution < 1.29 is 13.5 Å². The molecule has 0 saturated carbocycles. The number of fused-ring (bicyclic) bond motifs is 1. The van der Waals surface area contributed by atoms with Gasteiger partial charge in [-0.3, -0.25) is 9.36 Å². The molecule has 4 aromatic rings. The molecule has 0 spiro atoms. The third kappa shape index (κ3) is 3.87. The van der Waals surface area contributed by atoms with Crippen molar-refractivity contribution in [3.63, 3.8) is 0 Å². The number of rotatable bonds is 5. The van der Waals surface area contributed by atoms with Gasteiger partial charge >= 0.3 is 5.69 Å². The molecule has 2 aromatic heterocycles. The summed E-state index contributed by atoms with van der Waals surface area (Å²) in [6, 6.07) is 10.3. The van der Waals surface area contributed by atoms with E-state index in [1.165, 1.54) is 21.5 Å². The molecule has 3 heterocycles. The number of aromatic nitrogens is 4. The molecule has 0 unspecified atom stereocenters. The van der Waals surface area contributed by atoms with E-state index in [4.69, 9.17) is 16.3 Å². The van der Waals surface area contributed by atoms with Gasteiger partial charge in [-0.2, -0.15) is 0 Å². The van der Waals surface area contributed by atoms with E-state index in [1.54, 1.807) is 24.3 Å². The molecule has 10 heteroatoms. The number of ether oxygens (including phenoxy) is 1. The molecule has 0 N–H and O–H groups in total. The monoisotopic (exact) mass is 472 g/mol. The lowest BCUT2D eigenvalue weighted by atomic mass is 10.2. The summed E-state index contributed by atoms with van der Waals surface area (Å²) >= 11 is 6.38. The van der Waals surface area contributed by atoms with E-state index in [1.807, 2.05) is 0 Å². The molecular formula is C23H19ClF2N4O3. The lowest BCUT2D eigenvalue weighted by Gasteiger charge is -2.16. The summed E-state index contributed by atoms with van der Waals surface area (Å²) in [5.41, 5.74) is -0.00769. The largest absolute Gasteiger partial charge is 0.376 e. The molecule has 1 saturated heterocycles. The highest BCUT2D eigenvalue weighted by Crippen LogP contribution is 2.22. The van der Waals surface area contributed by atoms with Crippen molar-refractivity contribution in [1.82, 2.24) is 18.7 Å². The van der Waals surface area contributed by atoms with E-state index in [9.17, 15) is 18.4 Å². The minimum Gasteiger partial charge on any atom is -0.376 e. The van der Waals surface area contributed by atoms with Crippen molar-refractivity contribution in [3.05, 3.63) is 91.9 Å². The van der Waals surface area contributed by atoms with E-state index < -0.39 is 22.9 Å². The fourth-order valence-corrected chi connectivity index (χ4v) is 4.36. The molecule has 0 aliphatic carbocycles. The van der Waals surface area contributed by atoms with Gasteiger partial charge in [0.05, 0.1) is 29.7 Å². The topological polar surface area (TPSA) is 71.0 Å². The van der Waals surface area contributed by atoms with Crippen LogP contribution in [0.25, 0.3) is 16.9 Å². The second-order valence-electron chi connectivity index (χ2n) is 7.91. The molecule has 1 fully saturated rings. The van der Waals surface area contributed by atoms with Crippen molar-refractivity contribution in [2.24, 2.45) is 0 Å². The lowest BCUT2D eigenvalue weighted by Crippen LogP contribution is -2.42. The van der Waals surface area contributed by atoms with Crippen LogP contribution in [-0.2, 0) is 17.8 Å². The van der Waals surface area contributed by atoms with Crippen LogP contribution in [0, 0.1) is 11.6 Å². The first kappa shape index (κ1) is 21.5. The zero-order chi connectivity index (χ0) is 23.1. The molecule has 33 heavy (non-hydrogen) atoms. The first-order valence-corrected chi connectivity index (χ1v) is 10.8. The number of benzene rings is 2. The maximum atomic E-state index is 13.7. The van der Waals surface area contributed by atoms with E-state index in [0.29, 0.717) is 22.9 Å². The Labute approximate surface area is 191 Å². The molecule has 1 aliphatic heterocycles. The van der Waals surface area contributed by atoms with Crippen LogP contribution in [0.2, 0.25) is 5.02 Å². The fraction of sp³-hybridized carbons (Fsp3) is 0.261. The normalized spacial score (nSPS) is 16.0. The molecule has 2 aromatic carbocycles. The number of imidazole rings is 1. The summed E-state index contributed by atoms with van der Waals surface area (Å²) in [7, 11) is 0. The Hall–Kier alpha value is -3.30. The Balaban J connectivity index is 1.73. The minimum absolute atomic E-state index is 0.0591. The number of nitrogens with zero attached hydrogens (tertiary/aromatic N) is 4. The van der Waals surface area contributed by atoms with Gasteiger partial charge in [0.1, 0.15) is 0 Å². The number of hydrogen-bond acceptors (Lipinski definition) is 4. The summed E-state index contributed by atoms with van der Waals surface area (Å²) in [5.74, 6) is -1.94. The Bertz CT molecular complexity index is 1470. The van der Waals surface area contributed by atoms with Crippen LogP contribution in [-0.4, -0.2) is 31.4 Å². The van der Waals surface area contributed by atoms with Gasteiger partial charge in [0.15, 0.2) is 22.8 Å². The van der Waals surface area contributed by atoms with Crippen LogP contribution in [0.15, 0.2) is 58.4 Å². The zero-order valence-corrected chi connectivity index (χ0v) is 18.1. The summed E-state index contributed by atoms with van der Waals surface area (Å²) < 4.78 is 36.7. The molecule has 1 atom stereocenters. The van der Waals surface area contributed by atoms with Gasteiger partial charge in [0.25, 0.3) is 5.56 Å². The highest BCUT2D eigenvalue weighted by Gasteiger charge is 2.24. The van der Waals surface area contributed by atoms with Crippen molar-refractivity contribution in [2.45, 2.75) is 32.0 Å². The van der Waals surface area contributed by atoms with Crippen LogP contribution < -0.4 is 11.2 Å². The second kappa shape index (κ2) is 8.57. The SMILES string of the molecule is O=c1c2c(ncn2Cc2ccc(F)c(F)c2)n(-c2ccccc2Cl)c(=O)n1C[C@@H]1CCCO1. The molecule has 7 nitrogen and oxygen atoms in total. The van der Waals surface area contributed by atoms with Crippen molar-refractivity contribution >= 4 is 22.8 Å². The van der Waals surface area contributed by atoms with Gasteiger partial charge in [-0.1, -0.05) is 29.8 Å². The highest BCUT2D eigenvalue weighted by atomic mass is 35.5. The standard InChI is InChI=1S/C23H19ClF2N4O3/c24-16-5-1-2-6-19(16)30-21-20(22(31)29(23(30)32)12-15-4-3-9-33-15)28(13-27-21)11-14-7-8-17(25)18(26)10-14/h1-2,5-8,10,13,15H,3-4,9,11-12H2/t15-/m0/s1. The van der Waals surface area contributed by atoms with E-state index in [-0.39, 0.29) is 30.4 Å². The Morgan fingerprint density at radius 1 is 1.12 bits per heavy atom. The lowest BCUT2D eigenvalue weighted by molar-refractivity contribution is 0.0950. The third-order valence-corrected chi connectivity index (χ3v) is 6.06. The van der Waals surface area contributed by atoms with Gasteiger partial charge in [-0.25, -0.2) is 23.1 Å². The minimum atomic E-state index is -0.985. The van der Waals surface area contributed by atoms with Crippen LogP contribution in [0.1, 0.15) is 18.4 Å². The van der Waals surface area contributed by atoms with E-state index >= 15 is 0 Å². The van der Waals surface area contributed by atoms with Gasteiger partial charge in [-0.15, -0.1) is 0 Å². The molecule has 1 aliphatic rings. The first-order valence-electron chi connectivity index (χ1n) is 10.4. The average Bonchev–Trinajstić information content (AvgIpc) is 3.45. The van der Waals surface area contributed by atoms with Crippen LogP contribution >= 0.6 is 11.6 Å². The number of hydrogen-bond donors (Lipinski definition) is 0. The van der Waals surface area contributed by atoms with Crippen LogP contribution in [0.5, 0.6) is 0 Å². The summed E-state index contributed by atoms with van der Waals surface area (Å²) in [5, 5.41) is 0.318. The van der Waals surface area contributed by atoms with Crippen molar-refractivity contribution in [3.8, 4) is 5.69 Å². The van der Waals surface area contributed by atoms with Crippen LogP contribution in [0.3, 0.4) is 0 Å². The predicted molar refractivity (Wildman–Crippen MR) is 119 cm³/mol. The Kier molecular flexibility index (Phi) is 5.59. The van der Waals surface area contributed by atoms with Crippen molar-refractivity contribution in [2.75, 3.05) is 6.61 Å². The van der Waals surface area contributed by atoms with E-state index in [2.05, 4.69) is 4.98 Å². The van der Waals surface area contributed by atoms with E-state index in [0.717, 1.165) is 29.5 Å². The van der Waals surface area contributed by atoms with Gasteiger partial charge < -0.3 is 9.30 Å². The quantitative estimate of drug-likeness (QED) is 0.445. The van der Waals surface area contributed by atoms with Gasteiger partial charge in [0, 0.05) is 13.2 Å².